The number of nitrogens with one attached hydrogen (secondary N) is 1. The second-order valence-electron chi connectivity index (χ2n) is 7.06. The van der Waals surface area contributed by atoms with E-state index in [2.05, 4.69) is 15.3 Å². The number of piperazine rings is 1. The molecule has 2 heterocycles. The number of hydrogen-bond acceptors (Lipinski definition) is 7. The standard InChI is InChI=1S/C20H27N5O4S/c1-17-5-2-6-18(15-17)29-16-19(26)21-9-4-14-30(27,28)25-12-10-24(11-13-25)20-22-7-3-8-23-20/h2-3,5-8,15H,4,9-14,16H2,1H3,(H,21,26). The van der Waals surface area contributed by atoms with E-state index >= 15 is 0 Å². The van der Waals surface area contributed by atoms with Gasteiger partial charge >= 0.3 is 0 Å². The Hall–Kier alpha value is -2.72. The number of amides is 1. The summed E-state index contributed by atoms with van der Waals surface area (Å²) in [5.41, 5.74) is 1.05. The largest absolute Gasteiger partial charge is 0.484 e. The molecular weight excluding hydrogens is 406 g/mol. The van der Waals surface area contributed by atoms with Gasteiger partial charge in [0, 0.05) is 45.1 Å². The van der Waals surface area contributed by atoms with Gasteiger partial charge in [0.05, 0.1) is 5.75 Å². The van der Waals surface area contributed by atoms with Crippen LogP contribution < -0.4 is 15.0 Å². The number of hydrogen-bond donors (Lipinski definition) is 1. The maximum atomic E-state index is 12.6. The summed E-state index contributed by atoms with van der Waals surface area (Å²) in [6.07, 6.45) is 3.69. The molecule has 1 fully saturated rings. The Morgan fingerprint density at radius 3 is 2.57 bits per heavy atom. The van der Waals surface area contributed by atoms with Crippen molar-refractivity contribution in [2.75, 3.05) is 50.0 Å². The van der Waals surface area contributed by atoms with Crippen molar-refractivity contribution >= 4 is 21.9 Å². The van der Waals surface area contributed by atoms with E-state index in [4.69, 9.17) is 4.74 Å². The van der Waals surface area contributed by atoms with Gasteiger partial charge in [-0.25, -0.2) is 18.4 Å². The van der Waals surface area contributed by atoms with Crippen LogP contribution >= 0.6 is 0 Å². The molecule has 0 bridgehead atoms. The Morgan fingerprint density at radius 1 is 1.13 bits per heavy atom. The maximum Gasteiger partial charge on any atom is 0.257 e. The Bertz CT molecular complexity index is 931. The van der Waals surface area contributed by atoms with Gasteiger partial charge in [0.25, 0.3) is 5.91 Å². The third kappa shape index (κ3) is 6.39. The number of benzene rings is 1. The zero-order valence-electron chi connectivity index (χ0n) is 17.0. The van der Waals surface area contributed by atoms with E-state index in [1.165, 1.54) is 4.31 Å². The summed E-state index contributed by atoms with van der Waals surface area (Å²) in [6.45, 7) is 4.04. The van der Waals surface area contributed by atoms with Gasteiger partial charge in [-0.15, -0.1) is 0 Å². The van der Waals surface area contributed by atoms with Gasteiger partial charge < -0.3 is 15.0 Å². The Balaban J connectivity index is 1.34. The molecule has 2 aromatic rings. The fourth-order valence-electron chi connectivity index (χ4n) is 3.14. The molecule has 9 nitrogen and oxygen atoms in total. The second kappa shape index (κ2) is 10.4. The highest BCUT2D eigenvalue weighted by atomic mass is 32.2. The molecule has 1 amide bonds. The SMILES string of the molecule is Cc1cccc(OCC(=O)NCCCS(=O)(=O)N2CCN(c3ncccn3)CC2)c1. The monoisotopic (exact) mass is 433 g/mol. The Labute approximate surface area is 177 Å². The molecule has 0 aliphatic carbocycles. The van der Waals surface area contributed by atoms with E-state index in [0.717, 1.165) is 5.56 Å². The van der Waals surface area contributed by atoms with Gasteiger partial charge in [-0.3, -0.25) is 4.79 Å². The van der Waals surface area contributed by atoms with Crippen molar-refractivity contribution in [2.45, 2.75) is 13.3 Å². The average molecular weight is 434 g/mol. The molecule has 30 heavy (non-hydrogen) atoms. The lowest BCUT2D eigenvalue weighted by molar-refractivity contribution is -0.123. The van der Waals surface area contributed by atoms with Gasteiger partial charge in [-0.05, 0) is 37.1 Å². The number of ether oxygens (including phenoxy) is 1. The van der Waals surface area contributed by atoms with Crippen LogP contribution in [-0.4, -0.2) is 73.7 Å². The molecule has 0 spiro atoms. The number of sulfonamides is 1. The van der Waals surface area contributed by atoms with Crippen LogP contribution in [0, 0.1) is 6.92 Å². The summed E-state index contributed by atoms with van der Waals surface area (Å²) < 4.78 is 32.0. The molecule has 1 N–H and O–H groups in total. The highest BCUT2D eigenvalue weighted by molar-refractivity contribution is 7.89. The van der Waals surface area contributed by atoms with Crippen LogP contribution in [-0.2, 0) is 14.8 Å². The summed E-state index contributed by atoms with van der Waals surface area (Å²) in [4.78, 5) is 22.3. The normalized spacial score (nSPS) is 15.0. The number of nitrogens with zero attached hydrogens (tertiary/aromatic N) is 4. The van der Waals surface area contributed by atoms with Gasteiger partial charge in [-0.1, -0.05) is 12.1 Å². The summed E-state index contributed by atoms with van der Waals surface area (Å²) in [7, 11) is -3.36. The van der Waals surface area contributed by atoms with Gasteiger partial charge in [0.15, 0.2) is 6.61 Å². The van der Waals surface area contributed by atoms with Gasteiger partial charge in [0.2, 0.25) is 16.0 Å². The number of carbonyl (C=O) groups is 1. The van der Waals surface area contributed by atoms with Crippen molar-refractivity contribution in [1.29, 1.82) is 0 Å². The first kappa shape index (κ1) is 22.0. The van der Waals surface area contributed by atoms with E-state index in [1.807, 2.05) is 30.0 Å². The smallest absolute Gasteiger partial charge is 0.257 e. The number of anilines is 1. The lowest BCUT2D eigenvalue weighted by Gasteiger charge is -2.33. The van der Waals surface area contributed by atoms with Crippen LogP contribution in [0.5, 0.6) is 5.75 Å². The molecule has 1 saturated heterocycles. The average Bonchev–Trinajstić information content (AvgIpc) is 2.76. The molecule has 3 rings (SSSR count). The first-order valence-corrected chi connectivity index (χ1v) is 11.5. The van der Waals surface area contributed by atoms with E-state index in [1.54, 1.807) is 24.5 Å². The quantitative estimate of drug-likeness (QED) is 0.584. The minimum atomic E-state index is -3.36. The van der Waals surface area contributed by atoms with Crippen molar-refractivity contribution in [1.82, 2.24) is 19.6 Å². The summed E-state index contributed by atoms with van der Waals surface area (Å²) in [5, 5.41) is 2.70. The summed E-state index contributed by atoms with van der Waals surface area (Å²) in [6, 6.07) is 9.20. The van der Waals surface area contributed by atoms with Crippen molar-refractivity contribution in [3.63, 3.8) is 0 Å². The topological polar surface area (TPSA) is 105 Å². The van der Waals surface area contributed by atoms with Crippen LogP contribution in [0.15, 0.2) is 42.7 Å². The number of rotatable bonds is 9. The molecule has 1 aromatic heterocycles. The fourth-order valence-corrected chi connectivity index (χ4v) is 4.62. The molecule has 1 aliphatic heterocycles. The summed E-state index contributed by atoms with van der Waals surface area (Å²) in [5.74, 6) is 0.969. The molecule has 0 radical (unpaired) electrons. The molecule has 1 aromatic carbocycles. The molecule has 0 unspecified atom stereocenters. The minimum absolute atomic E-state index is 0.00610. The molecule has 10 heteroatoms. The number of carbonyl (C=O) groups excluding carboxylic acids is 1. The van der Waals surface area contributed by atoms with Gasteiger partial charge in [-0.2, -0.15) is 4.31 Å². The third-order valence-electron chi connectivity index (χ3n) is 4.73. The van der Waals surface area contributed by atoms with Crippen molar-refractivity contribution < 1.29 is 17.9 Å². The minimum Gasteiger partial charge on any atom is -0.484 e. The lowest BCUT2D eigenvalue weighted by atomic mass is 10.2. The maximum absolute atomic E-state index is 12.6. The van der Waals surface area contributed by atoms with Crippen LogP contribution in [0.4, 0.5) is 5.95 Å². The fraction of sp³-hybridized carbons (Fsp3) is 0.450. The zero-order valence-corrected chi connectivity index (χ0v) is 17.8. The lowest BCUT2D eigenvalue weighted by Crippen LogP contribution is -2.50. The molecule has 162 valence electrons. The molecule has 1 aliphatic rings. The zero-order chi connectivity index (χ0) is 21.4. The predicted molar refractivity (Wildman–Crippen MR) is 114 cm³/mol. The first-order valence-electron chi connectivity index (χ1n) is 9.90. The Morgan fingerprint density at radius 2 is 1.87 bits per heavy atom. The van der Waals surface area contributed by atoms with Crippen LogP contribution in [0.25, 0.3) is 0 Å². The van der Waals surface area contributed by atoms with Gasteiger partial charge in [0.1, 0.15) is 5.75 Å². The van der Waals surface area contributed by atoms with Crippen LogP contribution in [0.1, 0.15) is 12.0 Å². The van der Waals surface area contributed by atoms with Crippen molar-refractivity contribution in [3.8, 4) is 5.75 Å². The number of aromatic nitrogens is 2. The van der Waals surface area contributed by atoms with E-state index in [-0.39, 0.29) is 24.8 Å². The van der Waals surface area contributed by atoms with E-state index in [0.29, 0.717) is 44.3 Å². The molecular formula is C20H27N5O4S. The third-order valence-corrected chi connectivity index (χ3v) is 6.68. The van der Waals surface area contributed by atoms with Crippen molar-refractivity contribution in [3.05, 3.63) is 48.3 Å². The summed E-state index contributed by atoms with van der Waals surface area (Å²) >= 11 is 0. The first-order chi connectivity index (χ1) is 14.4. The van der Waals surface area contributed by atoms with Crippen molar-refractivity contribution in [2.24, 2.45) is 0 Å². The Kier molecular flexibility index (Phi) is 7.58. The van der Waals surface area contributed by atoms with E-state index < -0.39 is 10.0 Å². The predicted octanol–water partition coefficient (Wildman–Crippen LogP) is 0.822. The second-order valence-corrected chi connectivity index (χ2v) is 9.15. The highest BCUT2D eigenvalue weighted by Gasteiger charge is 2.27. The molecule has 0 saturated carbocycles. The van der Waals surface area contributed by atoms with Crippen LogP contribution in [0.3, 0.4) is 0 Å². The highest BCUT2D eigenvalue weighted by Crippen LogP contribution is 2.13. The number of aryl methyl sites for hydroxylation is 1. The van der Waals surface area contributed by atoms with E-state index in [9.17, 15) is 13.2 Å². The molecule has 0 atom stereocenters. The van der Waals surface area contributed by atoms with Crippen LogP contribution in [0.2, 0.25) is 0 Å².